The number of halogens is 1. The molecule has 0 radical (unpaired) electrons. The van der Waals surface area contributed by atoms with E-state index in [1.807, 2.05) is 13.1 Å². The first-order valence-corrected chi connectivity index (χ1v) is 7.59. The van der Waals surface area contributed by atoms with Crippen molar-refractivity contribution in [2.24, 2.45) is 5.73 Å². The molecule has 0 spiro atoms. The molecule has 0 bridgehead atoms. The van der Waals surface area contributed by atoms with Gasteiger partial charge in [0.05, 0.1) is 0 Å². The third-order valence-electron chi connectivity index (χ3n) is 3.37. The van der Waals surface area contributed by atoms with E-state index in [9.17, 15) is 4.39 Å². The van der Waals surface area contributed by atoms with Gasteiger partial charge in [-0.3, -0.25) is 4.90 Å². The van der Waals surface area contributed by atoms with E-state index in [0.29, 0.717) is 17.7 Å². The lowest BCUT2D eigenvalue weighted by atomic mass is 10.1. The number of hydrogen-bond donors (Lipinski definition) is 1. The molecule has 0 saturated heterocycles. The Labute approximate surface area is 128 Å². The Kier molecular flexibility index (Phi) is 4.86. The Morgan fingerprint density at radius 1 is 1.45 bits per heavy atom. The molecule has 2 aromatic rings. The monoisotopic (exact) mass is 308 g/mol. The zero-order valence-electron chi connectivity index (χ0n) is 11.5. The van der Waals surface area contributed by atoms with Crippen molar-refractivity contribution in [1.29, 1.82) is 0 Å². The van der Waals surface area contributed by atoms with E-state index < -0.39 is 0 Å². The van der Waals surface area contributed by atoms with Gasteiger partial charge in [-0.25, -0.2) is 4.39 Å². The molecule has 5 heteroatoms. The van der Waals surface area contributed by atoms with Crippen LogP contribution in [0.2, 0.25) is 0 Å². The Morgan fingerprint density at radius 3 is 2.75 bits per heavy atom. The molecule has 2 nitrogen and oxygen atoms in total. The Balaban J connectivity index is 2.11. The minimum Gasteiger partial charge on any atom is -0.389 e. The van der Waals surface area contributed by atoms with Crippen LogP contribution in [0.4, 0.5) is 4.39 Å². The lowest BCUT2D eigenvalue weighted by Crippen LogP contribution is -2.22. The van der Waals surface area contributed by atoms with Crippen LogP contribution in [-0.2, 0) is 6.54 Å². The van der Waals surface area contributed by atoms with Gasteiger partial charge in [-0.05, 0) is 31.5 Å². The molecule has 2 N–H and O–H groups in total. The van der Waals surface area contributed by atoms with Crippen molar-refractivity contribution < 1.29 is 4.39 Å². The van der Waals surface area contributed by atoms with Gasteiger partial charge in [-0.1, -0.05) is 30.4 Å². The summed E-state index contributed by atoms with van der Waals surface area (Å²) in [7, 11) is 1.99. The average molecular weight is 308 g/mol. The minimum atomic E-state index is -0.263. The van der Waals surface area contributed by atoms with Crippen LogP contribution in [-0.4, -0.2) is 16.9 Å². The molecule has 0 saturated carbocycles. The first-order valence-electron chi connectivity index (χ1n) is 6.31. The van der Waals surface area contributed by atoms with E-state index in [4.69, 9.17) is 18.0 Å². The summed E-state index contributed by atoms with van der Waals surface area (Å²) in [4.78, 5) is 3.61. The highest BCUT2D eigenvalue weighted by Gasteiger charge is 2.15. The fraction of sp³-hybridized carbons (Fsp3) is 0.267. The summed E-state index contributed by atoms with van der Waals surface area (Å²) in [5.74, 6) is -0.263. The predicted octanol–water partition coefficient (Wildman–Crippen LogP) is 3.71. The van der Waals surface area contributed by atoms with Gasteiger partial charge >= 0.3 is 0 Å². The molecule has 1 aromatic carbocycles. The molecule has 0 fully saturated rings. The fourth-order valence-corrected chi connectivity index (χ4v) is 2.96. The van der Waals surface area contributed by atoms with Crippen LogP contribution in [0.5, 0.6) is 0 Å². The second-order valence-electron chi connectivity index (χ2n) is 4.78. The number of benzene rings is 1. The third-order valence-corrected chi connectivity index (χ3v) is 4.65. The Bertz CT molecular complexity index is 596. The van der Waals surface area contributed by atoms with E-state index in [1.165, 1.54) is 10.9 Å². The maximum atomic E-state index is 14.0. The minimum absolute atomic E-state index is 0.218. The number of thiocarbonyl (C=S) groups is 1. The van der Waals surface area contributed by atoms with E-state index in [1.54, 1.807) is 23.5 Å². The van der Waals surface area contributed by atoms with Gasteiger partial charge < -0.3 is 5.73 Å². The summed E-state index contributed by atoms with van der Waals surface area (Å²) in [6.45, 7) is 2.66. The van der Waals surface area contributed by atoms with E-state index >= 15 is 0 Å². The summed E-state index contributed by atoms with van der Waals surface area (Å²) < 4.78 is 14.0. The molecule has 1 aromatic heterocycles. The molecular formula is C15H17FN2S2. The molecular weight excluding hydrogens is 291 g/mol. The predicted molar refractivity (Wildman–Crippen MR) is 86.5 cm³/mol. The quantitative estimate of drug-likeness (QED) is 0.854. The highest BCUT2D eigenvalue weighted by Crippen LogP contribution is 2.25. The van der Waals surface area contributed by atoms with E-state index in [0.717, 1.165) is 0 Å². The molecule has 106 valence electrons. The number of hydrogen-bond acceptors (Lipinski definition) is 3. The highest BCUT2D eigenvalue weighted by molar-refractivity contribution is 7.80. The first-order chi connectivity index (χ1) is 9.49. The number of nitrogens with two attached hydrogens (primary N) is 1. The molecule has 0 amide bonds. The lowest BCUT2D eigenvalue weighted by Gasteiger charge is -2.24. The zero-order valence-corrected chi connectivity index (χ0v) is 13.1. The average Bonchev–Trinajstić information content (AvgIpc) is 2.93. The largest absolute Gasteiger partial charge is 0.389 e. The standard InChI is InChI=1S/C15H17FN2S2/c1-10(14-4-3-7-20-14)18(2)9-12-6-5-11(15(17)19)8-13(12)16/h3-8,10H,9H2,1-2H3,(H2,17,19). The Hall–Kier alpha value is -1.30. The number of rotatable bonds is 5. The van der Waals surface area contributed by atoms with Gasteiger partial charge in [0.2, 0.25) is 0 Å². The summed E-state index contributed by atoms with van der Waals surface area (Å²) >= 11 is 6.56. The summed E-state index contributed by atoms with van der Waals surface area (Å²) in [6.07, 6.45) is 0. The molecule has 1 unspecified atom stereocenters. The maximum absolute atomic E-state index is 14.0. The highest BCUT2D eigenvalue weighted by atomic mass is 32.1. The van der Waals surface area contributed by atoms with Gasteiger partial charge in [0.25, 0.3) is 0 Å². The summed E-state index contributed by atoms with van der Waals surface area (Å²) in [5, 5.41) is 2.05. The lowest BCUT2D eigenvalue weighted by molar-refractivity contribution is 0.253. The van der Waals surface area contributed by atoms with Crippen molar-refractivity contribution >= 4 is 28.5 Å². The maximum Gasteiger partial charge on any atom is 0.128 e. The van der Waals surface area contributed by atoms with Crippen LogP contribution in [0.25, 0.3) is 0 Å². The van der Waals surface area contributed by atoms with Crippen LogP contribution in [0.15, 0.2) is 35.7 Å². The molecule has 20 heavy (non-hydrogen) atoms. The third kappa shape index (κ3) is 3.42. The SMILES string of the molecule is CC(c1cccs1)N(C)Cc1ccc(C(N)=S)cc1F. The molecule has 0 aliphatic carbocycles. The molecule has 2 rings (SSSR count). The fourth-order valence-electron chi connectivity index (χ4n) is 1.98. The molecule has 0 aliphatic heterocycles. The van der Waals surface area contributed by atoms with Crippen molar-refractivity contribution in [1.82, 2.24) is 4.90 Å². The molecule has 1 heterocycles. The van der Waals surface area contributed by atoms with Gasteiger partial charge in [0.15, 0.2) is 0 Å². The zero-order chi connectivity index (χ0) is 14.7. The number of nitrogens with zero attached hydrogens (tertiary/aromatic N) is 1. The topological polar surface area (TPSA) is 29.3 Å². The van der Waals surface area contributed by atoms with Crippen LogP contribution in [0, 0.1) is 5.82 Å². The molecule has 0 aliphatic rings. The van der Waals surface area contributed by atoms with Gasteiger partial charge in [-0.2, -0.15) is 0 Å². The van der Waals surface area contributed by atoms with Gasteiger partial charge in [0, 0.05) is 28.6 Å². The van der Waals surface area contributed by atoms with Crippen molar-refractivity contribution in [2.75, 3.05) is 7.05 Å². The van der Waals surface area contributed by atoms with Crippen LogP contribution >= 0.6 is 23.6 Å². The first kappa shape index (κ1) is 15.1. The van der Waals surface area contributed by atoms with E-state index in [-0.39, 0.29) is 16.8 Å². The normalized spacial score (nSPS) is 12.6. The van der Waals surface area contributed by atoms with Crippen molar-refractivity contribution in [2.45, 2.75) is 19.5 Å². The summed E-state index contributed by atoms with van der Waals surface area (Å²) in [5.41, 5.74) is 6.72. The second-order valence-corrected chi connectivity index (χ2v) is 6.20. The van der Waals surface area contributed by atoms with Crippen molar-refractivity contribution in [3.8, 4) is 0 Å². The van der Waals surface area contributed by atoms with Crippen molar-refractivity contribution in [3.63, 3.8) is 0 Å². The summed E-state index contributed by atoms with van der Waals surface area (Å²) in [6, 6.07) is 9.30. The number of thiophene rings is 1. The van der Waals surface area contributed by atoms with Crippen LogP contribution in [0.1, 0.15) is 29.0 Å². The van der Waals surface area contributed by atoms with Gasteiger partial charge in [0.1, 0.15) is 10.8 Å². The van der Waals surface area contributed by atoms with Crippen LogP contribution < -0.4 is 5.73 Å². The van der Waals surface area contributed by atoms with Crippen LogP contribution in [0.3, 0.4) is 0 Å². The smallest absolute Gasteiger partial charge is 0.128 e. The Morgan fingerprint density at radius 2 is 2.20 bits per heavy atom. The van der Waals surface area contributed by atoms with Gasteiger partial charge in [-0.15, -0.1) is 11.3 Å². The second kappa shape index (κ2) is 6.43. The molecule has 1 atom stereocenters. The van der Waals surface area contributed by atoms with E-state index in [2.05, 4.69) is 23.3 Å². The van der Waals surface area contributed by atoms with Crippen molar-refractivity contribution in [3.05, 3.63) is 57.5 Å².